The number of ether oxygens (including phenoxy) is 3. The zero-order valence-corrected chi connectivity index (χ0v) is 16.4. The summed E-state index contributed by atoms with van der Waals surface area (Å²) in [7, 11) is 0. The van der Waals surface area contributed by atoms with Crippen molar-refractivity contribution in [1.82, 2.24) is 0 Å². The van der Waals surface area contributed by atoms with Crippen molar-refractivity contribution in [2.75, 3.05) is 19.8 Å². The zero-order chi connectivity index (χ0) is 16.3. The maximum absolute atomic E-state index is 5.91. The fraction of sp³-hybridized carbons (Fsp3) is 1.00. The second-order valence-electron chi connectivity index (χ2n) is 5.50. The molecule has 0 aliphatic carbocycles. The smallest absolute Gasteiger partial charge is 0.282 e. The van der Waals surface area contributed by atoms with E-state index >= 15 is 0 Å². The third kappa shape index (κ3) is 12.1. The van der Waals surface area contributed by atoms with E-state index in [2.05, 4.69) is 37.9 Å². The van der Waals surface area contributed by atoms with Gasteiger partial charge in [-0.1, -0.05) is 27.7 Å². The van der Waals surface area contributed by atoms with Gasteiger partial charge in [-0.05, 0) is 19.3 Å². The predicted molar refractivity (Wildman–Crippen MR) is 100 cm³/mol. The van der Waals surface area contributed by atoms with E-state index in [0.717, 1.165) is 19.3 Å². The molecule has 0 aromatic carbocycles. The average molecular weight is 357 g/mol. The molecule has 0 bridgehead atoms. The minimum absolute atomic E-state index is 0.300. The molecule has 0 N–H and O–H groups in total. The second kappa shape index (κ2) is 12.4. The van der Waals surface area contributed by atoms with Gasteiger partial charge in [-0.3, -0.25) is 0 Å². The van der Waals surface area contributed by atoms with E-state index in [1.165, 1.54) is 0 Å². The molecule has 0 aliphatic heterocycles. The molecule has 21 heavy (non-hydrogen) atoms. The van der Waals surface area contributed by atoms with E-state index in [9.17, 15) is 0 Å². The van der Waals surface area contributed by atoms with Gasteiger partial charge in [0, 0.05) is 22.2 Å². The van der Waals surface area contributed by atoms with Gasteiger partial charge < -0.3 is 14.2 Å². The monoisotopic (exact) mass is 356 g/mol. The summed E-state index contributed by atoms with van der Waals surface area (Å²) in [5, 5.41) is 0.901. The Morgan fingerprint density at radius 2 is 1.00 bits per heavy atom. The highest BCUT2D eigenvalue weighted by Gasteiger charge is 2.31. The van der Waals surface area contributed by atoms with E-state index in [0.29, 0.717) is 42.0 Å². The van der Waals surface area contributed by atoms with Gasteiger partial charge in [-0.15, -0.1) is 0 Å². The molecule has 0 aromatic heterocycles. The highest BCUT2D eigenvalue weighted by Crippen LogP contribution is 2.23. The van der Waals surface area contributed by atoms with E-state index in [4.69, 9.17) is 14.2 Å². The van der Waals surface area contributed by atoms with E-state index in [1.54, 1.807) is 0 Å². The number of thiol groups is 3. The molecule has 3 nitrogen and oxygen atoms in total. The molecule has 0 rings (SSSR count). The van der Waals surface area contributed by atoms with Crippen LogP contribution in [0.5, 0.6) is 0 Å². The van der Waals surface area contributed by atoms with Crippen molar-refractivity contribution >= 4 is 37.9 Å². The van der Waals surface area contributed by atoms with Gasteiger partial charge in [-0.25, -0.2) is 0 Å². The highest BCUT2D eigenvalue weighted by atomic mass is 32.1. The van der Waals surface area contributed by atoms with Crippen molar-refractivity contribution in [2.45, 2.75) is 75.1 Å². The summed E-state index contributed by atoms with van der Waals surface area (Å²) in [6, 6.07) is 0. The summed E-state index contributed by atoms with van der Waals surface area (Å²) in [4.78, 5) is 0. The fourth-order valence-corrected chi connectivity index (χ4v) is 1.90. The number of hydrogen-bond acceptors (Lipinski definition) is 6. The Bertz CT molecular complexity index is 212. The van der Waals surface area contributed by atoms with E-state index < -0.39 is 5.97 Å². The summed E-state index contributed by atoms with van der Waals surface area (Å²) in [5.74, 6) is -0.950. The van der Waals surface area contributed by atoms with Gasteiger partial charge in [0.05, 0.1) is 19.8 Å². The van der Waals surface area contributed by atoms with Crippen LogP contribution in [0.15, 0.2) is 0 Å². The van der Waals surface area contributed by atoms with Gasteiger partial charge in [0.15, 0.2) is 0 Å². The standard InChI is InChI=1S/C15H32O3S3/c1-5-15(16-9-6-12(2)19,17-10-7-13(3)20)18-11-8-14(4)21/h12-14,19-21H,5-11H2,1-4H3. The molecule has 0 fully saturated rings. The average Bonchev–Trinajstić information content (AvgIpc) is 2.36. The van der Waals surface area contributed by atoms with Gasteiger partial charge in [-0.2, -0.15) is 37.9 Å². The van der Waals surface area contributed by atoms with Crippen LogP contribution >= 0.6 is 37.9 Å². The minimum atomic E-state index is -0.950. The van der Waals surface area contributed by atoms with Crippen LogP contribution in [0.3, 0.4) is 0 Å². The molecule has 0 radical (unpaired) electrons. The van der Waals surface area contributed by atoms with E-state index in [-0.39, 0.29) is 0 Å². The molecular formula is C15H32O3S3. The normalized spacial score (nSPS) is 19.0. The maximum atomic E-state index is 5.91. The van der Waals surface area contributed by atoms with Crippen molar-refractivity contribution in [3.05, 3.63) is 0 Å². The van der Waals surface area contributed by atoms with E-state index in [1.807, 2.05) is 27.7 Å². The first kappa shape index (κ1) is 21.9. The summed E-state index contributed by atoms with van der Waals surface area (Å²) in [6.07, 6.45) is 3.24. The topological polar surface area (TPSA) is 27.7 Å². The Balaban J connectivity index is 4.43. The zero-order valence-electron chi connectivity index (χ0n) is 13.7. The van der Waals surface area contributed by atoms with Crippen LogP contribution < -0.4 is 0 Å². The van der Waals surface area contributed by atoms with Crippen molar-refractivity contribution in [2.24, 2.45) is 0 Å². The maximum Gasteiger partial charge on any atom is 0.282 e. The fourth-order valence-electron chi connectivity index (χ4n) is 1.59. The third-order valence-electron chi connectivity index (χ3n) is 3.01. The predicted octanol–water partition coefficient (Wildman–Crippen LogP) is 4.23. The first-order valence-corrected chi connectivity index (χ1v) is 9.32. The van der Waals surface area contributed by atoms with Crippen molar-refractivity contribution in [3.8, 4) is 0 Å². The Labute approximate surface area is 147 Å². The summed E-state index contributed by atoms with van der Waals surface area (Å²) >= 11 is 13.1. The largest absolute Gasteiger partial charge is 0.327 e. The van der Waals surface area contributed by atoms with Crippen LogP contribution in [0.2, 0.25) is 0 Å². The molecule has 0 heterocycles. The molecule has 3 atom stereocenters. The third-order valence-corrected chi connectivity index (χ3v) is 3.78. The quantitative estimate of drug-likeness (QED) is 0.341. The minimum Gasteiger partial charge on any atom is -0.327 e. The Morgan fingerprint density at radius 1 is 0.714 bits per heavy atom. The van der Waals surface area contributed by atoms with Crippen LogP contribution in [-0.2, 0) is 14.2 Å². The molecular weight excluding hydrogens is 324 g/mol. The number of hydrogen-bond donors (Lipinski definition) is 3. The Morgan fingerprint density at radius 3 is 1.19 bits per heavy atom. The second-order valence-corrected chi connectivity index (χ2v) is 8.14. The molecule has 3 unspecified atom stereocenters. The molecule has 0 spiro atoms. The van der Waals surface area contributed by atoms with Crippen molar-refractivity contribution in [3.63, 3.8) is 0 Å². The summed E-state index contributed by atoms with van der Waals surface area (Å²) in [6.45, 7) is 9.88. The lowest BCUT2D eigenvalue weighted by molar-refractivity contribution is -0.382. The van der Waals surface area contributed by atoms with Gasteiger partial charge >= 0.3 is 0 Å². The molecule has 128 valence electrons. The van der Waals surface area contributed by atoms with Gasteiger partial charge in [0.2, 0.25) is 0 Å². The Kier molecular flexibility index (Phi) is 12.9. The SMILES string of the molecule is CCC(OCCC(C)S)(OCCC(C)S)OCCC(C)S. The van der Waals surface area contributed by atoms with Crippen LogP contribution in [0.25, 0.3) is 0 Å². The first-order chi connectivity index (χ1) is 9.81. The van der Waals surface area contributed by atoms with Gasteiger partial charge in [0.1, 0.15) is 0 Å². The molecule has 0 saturated heterocycles. The molecule has 0 amide bonds. The number of rotatable bonds is 13. The highest BCUT2D eigenvalue weighted by molar-refractivity contribution is 7.81. The van der Waals surface area contributed by atoms with Crippen LogP contribution in [0, 0.1) is 0 Å². The lowest BCUT2D eigenvalue weighted by Gasteiger charge is -2.33. The summed E-state index contributed by atoms with van der Waals surface area (Å²) in [5.41, 5.74) is 0. The first-order valence-electron chi connectivity index (χ1n) is 7.77. The lowest BCUT2D eigenvalue weighted by Crippen LogP contribution is -2.40. The lowest BCUT2D eigenvalue weighted by atomic mass is 10.3. The molecule has 6 heteroatoms. The van der Waals surface area contributed by atoms with Gasteiger partial charge in [0.25, 0.3) is 5.97 Å². The van der Waals surface area contributed by atoms with Crippen LogP contribution in [-0.4, -0.2) is 41.5 Å². The molecule has 0 aromatic rings. The van der Waals surface area contributed by atoms with Crippen molar-refractivity contribution in [1.29, 1.82) is 0 Å². The Hall–Kier alpha value is 0.930. The summed E-state index contributed by atoms with van der Waals surface area (Å²) < 4.78 is 17.7. The molecule has 0 saturated carbocycles. The van der Waals surface area contributed by atoms with Crippen LogP contribution in [0.4, 0.5) is 0 Å². The molecule has 0 aliphatic rings. The van der Waals surface area contributed by atoms with Crippen molar-refractivity contribution < 1.29 is 14.2 Å². The van der Waals surface area contributed by atoms with Crippen LogP contribution in [0.1, 0.15) is 53.4 Å².